The van der Waals surface area contributed by atoms with Crippen LogP contribution in [-0.2, 0) is 13.6 Å². The lowest BCUT2D eigenvalue weighted by molar-refractivity contribution is 0.186. The Hall–Kier alpha value is -0.940. The summed E-state index contributed by atoms with van der Waals surface area (Å²) in [6.45, 7) is 8.99. The Morgan fingerprint density at radius 1 is 1.29 bits per heavy atom. The average molecular weight is 240 g/mol. The molecule has 98 valence electrons. The highest BCUT2D eigenvalue weighted by atomic mass is 16.3. The van der Waals surface area contributed by atoms with Crippen molar-refractivity contribution in [2.24, 2.45) is 7.05 Å². The first-order chi connectivity index (χ1) is 8.10. The predicted octanol–water partition coefficient (Wildman–Crippen LogP) is 1.14. The molecular formula is C12H24N4O. The molecule has 0 saturated heterocycles. The van der Waals surface area contributed by atoms with Crippen molar-refractivity contribution in [3.63, 3.8) is 0 Å². The molecule has 1 N–H and O–H groups in total. The van der Waals surface area contributed by atoms with E-state index in [9.17, 15) is 0 Å². The zero-order valence-corrected chi connectivity index (χ0v) is 11.3. The molecule has 0 fully saturated rings. The summed E-state index contributed by atoms with van der Waals surface area (Å²) in [6, 6.07) is 0. The van der Waals surface area contributed by atoms with Gasteiger partial charge in [-0.15, -0.1) is 10.2 Å². The van der Waals surface area contributed by atoms with Gasteiger partial charge in [0.2, 0.25) is 0 Å². The Bertz CT molecular complexity index is 329. The third-order valence-corrected chi connectivity index (χ3v) is 2.84. The third-order valence-electron chi connectivity index (χ3n) is 2.84. The zero-order chi connectivity index (χ0) is 12.8. The van der Waals surface area contributed by atoms with Gasteiger partial charge in [0.1, 0.15) is 11.6 Å². The van der Waals surface area contributed by atoms with E-state index in [2.05, 4.69) is 40.4 Å². The van der Waals surface area contributed by atoms with Gasteiger partial charge in [0.05, 0.1) is 13.2 Å². The smallest absolute Gasteiger partial charge is 0.146 e. The fourth-order valence-corrected chi connectivity index (χ4v) is 1.94. The van der Waals surface area contributed by atoms with Crippen LogP contribution >= 0.6 is 0 Å². The Kier molecular flexibility index (Phi) is 5.58. The van der Waals surface area contributed by atoms with Gasteiger partial charge in [-0.25, -0.2) is 0 Å². The fourth-order valence-electron chi connectivity index (χ4n) is 1.94. The molecule has 0 unspecified atom stereocenters. The standard InChI is InChI=1S/C12H24N4O/c1-5-6-16(7-8-17)9-11-13-14-12(10(2)3)15(11)4/h10,17H,5-9H2,1-4H3. The van der Waals surface area contributed by atoms with Crippen LogP contribution in [0.2, 0.25) is 0 Å². The molecule has 5 nitrogen and oxygen atoms in total. The minimum atomic E-state index is 0.189. The first-order valence-corrected chi connectivity index (χ1v) is 6.31. The van der Waals surface area contributed by atoms with Gasteiger partial charge in [-0.1, -0.05) is 20.8 Å². The number of rotatable bonds is 7. The molecule has 1 aromatic heterocycles. The van der Waals surface area contributed by atoms with Crippen LogP contribution in [0.4, 0.5) is 0 Å². The van der Waals surface area contributed by atoms with Crippen LogP contribution < -0.4 is 0 Å². The van der Waals surface area contributed by atoms with Crippen LogP contribution in [0, 0.1) is 0 Å². The maximum atomic E-state index is 9.02. The molecule has 1 aromatic rings. The number of aliphatic hydroxyl groups is 1. The SMILES string of the molecule is CCCN(CCO)Cc1nnc(C(C)C)n1C. The molecule has 5 heteroatoms. The van der Waals surface area contributed by atoms with Gasteiger partial charge >= 0.3 is 0 Å². The van der Waals surface area contributed by atoms with E-state index in [1.165, 1.54) is 0 Å². The van der Waals surface area contributed by atoms with Crippen molar-refractivity contribution in [1.82, 2.24) is 19.7 Å². The monoisotopic (exact) mass is 240 g/mol. The molecule has 17 heavy (non-hydrogen) atoms. The normalized spacial score (nSPS) is 11.7. The lowest BCUT2D eigenvalue weighted by Crippen LogP contribution is -2.28. The topological polar surface area (TPSA) is 54.2 Å². The van der Waals surface area contributed by atoms with Gasteiger partial charge in [0.15, 0.2) is 0 Å². The number of aromatic nitrogens is 3. The maximum Gasteiger partial charge on any atom is 0.146 e. The van der Waals surface area contributed by atoms with Gasteiger partial charge in [0, 0.05) is 19.5 Å². The van der Waals surface area contributed by atoms with E-state index in [-0.39, 0.29) is 6.61 Å². The van der Waals surface area contributed by atoms with Gasteiger partial charge in [0.25, 0.3) is 0 Å². The van der Waals surface area contributed by atoms with Gasteiger partial charge in [-0.3, -0.25) is 4.90 Å². The van der Waals surface area contributed by atoms with E-state index in [1.54, 1.807) is 0 Å². The van der Waals surface area contributed by atoms with Gasteiger partial charge < -0.3 is 9.67 Å². The minimum Gasteiger partial charge on any atom is -0.395 e. The number of hydrogen-bond donors (Lipinski definition) is 1. The summed E-state index contributed by atoms with van der Waals surface area (Å²) in [5, 5.41) is 17.5. The Labute approximate surface area is 103 Å². The molecule has 0 radical (unpaired) electrons. The number of hydrogen-bond acceptors (Lipinski definition) is 4. The molecule has 0 aliphatic carbocycles. The van der Waals surface area contributed by atoms with Crippen LogP contribution in [-0.4, -0.2) is 44.5 Å². The number of nitrogens with zero attached hydrogens (tertiary/aromatic N) is 4. The van der Waals surface area contributed by atoms with Crippen LogP contribution in [0.25, 0.3) is 0 Å². The summed E-state index contributed by atoms with van der Waals surface area (Å²) in [6.07, 6.45) is 1.08. The highest BCUT2D eigenvalue weighted by Gasteiger charge is 2.14. The molecule has 1 heterocycles. The van der Waals surface area contributed by atoms with Crippen LogP contribution in [0.1, 0.15) is 44.8 Å². The lowest BCUT2D eigenvalue weighted by Gasteiger charge is -2.19. The average Bonchev–Trinajstić information content (AvgIpc) is 2.61. The van der Waals surface area contributed by atoms with Crippen LogP contribution in [0.5, 0.6) is 0 Å². The summed E-state index contributed by atoms with van der Waals surface area (Å²) in [4.78, 5) is 2.20. The largest absolute Gasteiger partial charge is 0.395 e. The van der Waals surface area contributed by atoms with E-state index in [1.807, 2.05) is 7.05 Å². The molecule has 0 aliphatic rings. The van der Waals surface area contributed by atoms with Crippen molar-refractivity contribution in [2.75, 3.05) is 19.7 Å². The molecule has 0 amide bonds. The summed E-state index contributed by atoms with van der Waals surface area (Å²) in [7, 11) is 2.01. The van der Waals surface area contributed by atoms with Crippen LogP contribution in [0.15, 0.2) is 0 Å². The quantitative estimate of drug-likeness (QED) is 0.776. The van der Waals surface area contributed by atoms with Crippen molar-refractivity contribution in [3.8, 4) is 0 Å². The molecule has 1 rings (SSSR count). The fraction of sp³-hybridized carbons (Fsp3) is 0.833. The predicted molar refractivity (Wildman–Crippen MR) is 67.7 cm³/mol. The maximum absolute atomic E-state index is 9.02. The Balaban J connectivity index is 2.72. The van der Waals surface area contributed by atoms with E-state index in [4.69, 9.17) is 5.11 Å². The molecule has 0 spiro atoms. The summed E-state index contributed by atoms with van der Waals surface area (Å²) < 4.78 is 2.06. The molecule has 0 saturated carbocycles. The summed E-state index contributed by atoms with van der Waals surface area (Å²) in [5.74, 6) is 2.37. The highest BCUT2D eigenvalue weighted by molar-refractivity contribution is 4.99. The van der Waals surface area contributed by atoms with Crippen LogP contribution in [0.3, 0.4) is 0 Å². The second-order valence-electron chi connectivity index (χ2n) is 4.69. The van der Waals surface area contributed by atoms with Crippen molar-refractivity contribution < 1.29 is 5.11 Å². The molecule has 0 aliphatic heterocycles. The van der Waals surface area contributed by atoms with Crippen molar-refractivity contribution in [1.29, 1.82) is 0 Å². The van der Waals surface area contributed by atoms with Gasteiger partial charge in [-0.05, 0) is 13.0 Å². The Morgan fingerprint density at radius 3 is 2.47 bits per heavy atom. The lowest BCUT2D eigenvalue weighted by atomic mass is 10.2. The summed E-state index contributed by atoms with van der Waals surface area (Å²) in [5.41, 5.74) is 0. The number of aliphatic hydroxyl groups excluding tert-OH is 1. The van der Waals surface area contributed by atoms with Crippen molar-refractivity contribution in [2.45, 2.75) is 39.7 Å². The van der Waals surface area contributed by atoms with Gasteiger partial charge in [-0.2, -0.15) is 0 Å². The second kappa shape index (κ2) is 6.71. The molecule has 0 atom stereocenters. The van der Waals surface area contributed by atoms with E-state index in [0.29, 0.717) is 12.5 Å². The minimum absolute atomic E-state index is 0.189. The highest BCUT2D eigenvalue weighted by Crippen LogP contribution is 2.12. The first-order valence-electron chi connectivity index (χ1n) is 6.31. The summed E-state index contributed by atoms with van der Waals surface area (Å²) >= 11 is 0. The van der Waals surface area contributed by atoms with Crippen molar-refractivity contribution in [3.05, 3.63) is 11.6 Å². The van der Waals surface area contributed by atoms with E-state index in [0.717, 1.165) is 31.2 Å². The van der Waals surface area contributed by atoms with E-state index >= 15 is 0 Å². The van der Waals surface area contributed by atoms with E-state index < -0.39 is 0 Å². The third kappa shape index (κ3) is 3.78. The first kappa shape index (κ1) is 14.1. The molecular weight excluding hydrogens is 216 g/mol. The molecule has 0 bridgehead atoms. The Morgan fingerprint density at radius 2 is 2.00 bits per heavy atom. The second-order valence-corrected chi connectivity index (χ2v) is 4.69. The molecule has 0 aromatic carbocycles. The zero-order valence-electron chi connectivity index (χ0n) is 11.3. The van der Waals surface area contributed by atoms with Crippen molar-refractivity contribution >= 4 is 0 Å².